The SMILES string of the molecule is NC(=O)n1c(O)cc2cc(-c3ccco3)ccc21. The van der Waals surface area contributed by atoms with Gasteiger partial charge in [-0.2, -0.15) is 0 Å². The number of amides is 1. The Bertz CT molecular complexity index is 726. The lowest BCUT2D eigenvalue weighted by Crippen LogP contribution is -2.18. The van der Waals surface area contributed by atoms with Gasteiger partial charge in [-0.15, -0.1) is 0 Å². The van der Waals surface area contributed by atoms with Crippen molar-refractivity contribution in [2.45, 2.75) is 0 Å². The quantitative estimate of drug-likeness (QED) is 0.688. The molecule has 0 bridgehead atoms. The van der Waals surface area contributed by atoms with Crippen molar-refractivity contribution < 1.29 is 14.3 Å². The van der Waals surface area contributed by atoms with E-state index in [0.717, 1.165) is 21.3 Å². The molecule has 0 saturated heterocycles. The highest BCUT2D eigenvalue weighted by atomic mass is 16.3. The van der Waals surface area contributed by atoms with Crippen LogP contribution in [0, 0.1) is 0 Å². The molecule has 2 aromatic heterocycles. The van der Waals surface area contributed by atoms with Crippen LogP contribution in [0.4, 0.5) is 4.79 Å². The Morgan fingerprint density at radius 1 is 1.28 bits per heavy atom. The fourth-order valence-electron chi connectivity index (χ4n) is 2.03. The van der Waals surface area contributed by atoms with Crippen LogP contribution < -0.4 is 5.73 Å². The van der Waals surface area contributed by atoms with Crippen molar-refractivity contribution in [2.24, 2.45) is 5.73 Å². The summed E-state index contributed by atoms with van der Waals surface area (Å²) in [7, 11) is 0. The van der Waals surface area contributed by atoms with Gasteiger partial charge in [0.2, 0.25) is 0 Å². The van der Waals surface area contributed by atoms with Crippen LogP contribution in [0.3, 0.4) is 0 Å². The molecule has 5 heteroatoms. The summed E-state index contributed by atoms with van der Waals surface area (Å²) in [5, 5.41) is 10.4. The van der Waals surface area contributed by atoms with E-state index in [2.05, 4.69) is 0 Å². The topological polar surface area (TPSA) is 81.4 Å². The van der Waals surface area contributed by atoms with Crippen molar-refractivity contribution in [3.63, 3.8) is 0 Å². The monoisotopic (exact) mass is 242 g/mol. The number of furan rings is 1. The van der Waals surface area contributed by atoms with Crippen LogP contribution in [0.15, 0.2) is 47.1 Å². The molecule has 3 aromatic rings. The number of carbonyl (C=O) groups excluding carboxylic acids is 1. The number of carbonyl (C=O) groups is 1. The van der Waals surface area contributed by atoms with Gasteiger partial charge >= 0.3 is 6.03 Å². The van der Waals surface area contributed by atoms with Gasteiger partial charge in [-0.05, 0) is 30.3 Å². The predicted molar refractivity (Wildman–Crippen MR) is 66.3 cm³/mol. The van der Waals surface area contributed by atoms with Gasteiger partial charge in [0.25, 0.3) is 0 Å². The number of primary amides is 1. The van der Waals surface area contributed by atoms with E-state index in [1.54, 1.807) is 24.5 Å². The lowest BCUT2D eigenvalue weighted by molar-refractivity contribution is 0.248. The zero-order valence-corrected chi connectivity index (χ0v) is 9.33. The third kappa shape index (κ3) is 1.45. The number of aromatic nitrogens is 1. The Morgan fingerprint density at radius 3 is 2.78 bits per heavy atom. The largest absolute Gasteiger partial charge is 0.494 e. The Kier molecular flexibility index (Phi) is 2.13. The highest BCUT2D eigenvalue weighted by molar-refractivity contribution is 5.95. The maximum atomic E-state index is 11.2. The Balaban J connectivity index is 2.23. The molecule has 1 aromatic carbocycles. The highest BCUT2D eigenvalue weighted by Crippen LogP contribution is 2.29. The van der Waals surface area contributed by atoms with E-state index in [4.69, 9.17) is 10.2 Å². The predicted octanol–water partition coefficient (Wildman–Crippen LogP) is 2.53. The van der Waals surface area contributed by atoms with Crippen LogP contribution in [0.25, 0.3) is 22.2 Å². The molecule has 90 valence electrons. The van der Waals surface area contributed by atoms with Gasteiger partial charge < -0.3 is 15.3 Å². The molecule has 5 nitrogen and oxygen atoms in total. The average Bonchev–Trinajstić information content (AvgIpc) is 2.92. The highest BCUT2D eigenvalue weighted by Gasteiger charge is 2.12. The van der Waals surface area contributed by atoms with E-state index in [0.29, 0.717) is 5.52 Å². The van der Waals surface area contributed by atoms with E-state index in [1.807, 2.05) is 12.1 Å². The smallest absolute Gasteiger partial charge is 0.326 e. The Labute approximate surface area is 102 Å². The van der Waals surface area contributed by atoms with Gasteiger partial charge in [0.05, 0.1) is 11.8 Å². The first kappa shape index (κ1) is 10.5. The van der Waals surface area contributed by atoms with Gasteiger partial charge in [0.15, 0.2) is 5.88 Å². The van der Waals surface area contributed by atoms with Crippen molar-refractivity contribution >= 4 is 16.9 Å². The lowest BCUT2D eigenvalue weighted by atomic mass is 10.1. The van der Waals surface area contributed by atoms with Gasteiger partial charge in [-0.25, -0.2) is 9.36 Å². The van der Waals surface area contributed by atoms with E-state index in [-0.39, 0.29) is 5.88 Å². The minimum atomic E-state index is -0.715. The fourth-order valence-corrected chi connectivity index (χ4v) is 2.03. The summed E-state index contributed by atoms with van der Waals surface area (Å²) in [6.45, 7) is 0. The van der Waals surface area contributed by atoms with Crippen molar-refractivity contribution in [1.82, 2.24) is 4.57 Å². The molecule has 0 spiro atoms. The number of fused-ring (bicyclic) bond motifs is 1. The minimum absolute atomic E-state index is 0.172. The van der Waals surface area contributed by atoms with E-state index in [9.17, 15) is 9.90 Å². The molecule has 18 heavy (non-hydrogen) atoms. The minimum Gasteiger partial charge on any atom is -0.494 e. The van der Waals surface area contributed by atoms with Crippen molar-refractivity contribution in [1.29, 1.82) is 0 Å². The third-order valence-corrected chi connectivity index (χ3v) is 2.81. The second kappa shape index (κ2) is 3.66. The van der Waals surface area contributed by atoms with Crippen molar-refractivity contribution in [3.05, 3.63) is 42.7 Å². The average molecular weight is 242 g/mol. The molecule has 0 saturated carbocycles. The first-order chi connectivity index (χ1) is 8.66. The second-order valence-electron chi connectivity index (χ2n) is 3.93. The van der Waals surface area contributed by atoms with Crippen LogP contribution in [0.1, 0.15) is 0 Å². The van der Waals surface area contributed by atoms with E-state index < -0.39 is 6.03 Å². The molecule has 0 aliphatic carbocycles. The maximum Gasteiger partial charge on any atom is 0.326 e. The second-order valence-corrected chi connectivity index (χ2v) is 3.93. The number of nitrogens with zero attached hydrogens (tertiary/aromatic N) is 1. The summed E-state index contributed by atoms with van der Waals surface area (Å²) < 4.78 is 6.35. The first-order valence-electron chi connectivity index (χ1n) is 5.35. The Hall–Kier alpha value is -2.69. The zero-order chi connectivity index (χ0) is 12.7. The molecular weight excluding hydrogens is 232 g/mol. The summed E-state index contributed by atoms with van der Waals surface area (Å²) >= 11 is 0. The maximum absolute atomic E-state index is 11.2. The normalized spacial score (nSPS) is 10.9. The standard InChI is InChI=1S/C13H10N2O3/c14-13(17)15-10-4-3-8(11-2-1-5-18-11)6-9(10)7-12(15)16/h1-7,16H,(H2,14,17). The van der Waals surface area contributed by atoms with E-state index >= 15 is 0 Å². The molecular formula is C13H10N2O3. The number of aromatic hydroxyl groups is 1. The molecule has 0 atom stereocenters. The summed E-state index contributed by atoms with van der Waals surface area (Å²) in [5.41, 5.74) is 6.64. The molecule has 2 heterocycles. The van der Waals surface area contributed by atoms with Crippen LogP contribution in [-0.2, 0) is 0 Å². The number of hydrogen-bond acceptors (Lipinski definition) is 3. The van der Waals surface area contributed by atoms with Crippen LogP contribution in [-0.4, -0.2) is 15.7 Å². The number of nitrogens with two attached hydrogens (primary N) is 1. The molecule has 0 unspecified atom stereocenters. The van der Waals surface area contributed by atoms with Crippen LogP contribution >= 0.6 is 0 Å². The van der Waals surface area contributed by atoms with Gasteiger partial charge in [-0.3, -0.25) is 0 Å². The van der Waals surface area contributed by atoms with Crippen LogP contribution in [0.5, 0.6) is 5.88 Å². The fraction of sp³-hybridized carbons (Fsp3) is 0. The van der Waals surface area contributed by atoms with Gasteiger partial charge in [-0.1, -0.05) is 0 Å². The lowest BCUT2D eigenvalue weighted by Gasteiger charge is -2.01. The van der Waals surface area contributed by atoms with Crippen LogP contribution in [0.2, 0.25) is 0 Å². The van der Waals surface area contributed by atoms with Gasteiger partial charge in [0, 0.05) is 17.0 Å². The molecule has 3 N–H and O–H groups in total. The van der Waals surface area contributed by atoms with Gasteiger partial charge in [0.1, 0.15) is 5.76 Å². The summed E-state index contributed by atoms with van der Waals surface area (Å²) in [4.78, 5) is 11.2. The summed E-state index contributed by atoms with van der Waals surface area (Å²) in [5.74, 6) is 0.553. The summed E-state index contributed by atoms with van der Waals surface area (Å²) in [6, 6.07) is 9.77. The molecule has 1 amide bonds. The van der Waals surface area contributed by atoms with E-state index in [1.165, 1.54) is 6.07 Å². The molecule has 0 radical (unpaired) electrons. The Morgan fingerprint density at radius 2 is 2.11 bits per heavy atom. The third-order valence-electron chi connectivity index (χ3n) is 2.81. The van der Waals surface area contributed by atoms with Crippen molar-refractivity contribution in [2.75, 3.05) is 0 Å². The molecule has 0 fully saturated rings. The zero-order valence-electron chi connectivity index (χ0n) is 9.33. The number of hydrogen-bond donors (Lipinski definition) is 2. The number of benzene rings is 1. The summed E-state index contributed by atoms with van der Waals surface area (Å²) in [6.07, 6.45) is 1.59. The molecule has 3 rings (SSSR count). The number of rotatable bonds is 1. The first-order valence-corrected chi connectivity index (χ1v) is 5.35. The molecule has 0 aliphatic rings. The van der Waals surface area contributed by atoms with Crippen molar-refractivity contribution in [3.8, 4) is 17.2 Å². The molecule has 0 aliphatic heterocycles.